The van der Waals surface area contributed by atoms with Crippen LogP contribution in [-0.4, -0.2) is 60.0 Å². The van der Waals surface area contributed by atoms with Gasteiger partial charge in [0.05, 0.1) is 6.61 Å². The summed E-state index contributed by atoms with van der Waals surface area (Å²) in [6, 6.07) is 0. The van der Waals surface area contributed by atoms with E-state index in [1.54, 1.807) is 0 Å². The second-order valence-corrected chi connectivity index (χ2v) is 1.87. The van der Waals surface area contributed by atoms with Crippen LogP contribution in [0.5, 0.6) is 0 Å². The lowest BCUT2D eigenvalue weighted by atomic mass is 10.1. The fourth-order valence-corrected chi connectivity index (χ4v) is 0.416. The molecule has 0 aliphatic heterocycles. The van der Waals surface area contributed by atoms with Gasteiger partial charge in [-0.25, -0.2) is 0 Å². The highest BCUT2D eigenvalue weighted by Crippen LogP contribution is 1.96. The molecule has 0 saturated heterocycles. The molecule has 0 amide bonds. The van der Waals surface area contributed by atoms with E-state index >= 15 is 0 Å². The highest BCUT2D eigenvalue weighted by molar-refractivity contribution is 5.75. The molecular formula is C5H10BO5. The summed E-state index contributed by atoms with van der Waals surface area (Å²) >= 11 is 0. The fraction of sp³-hybridized carbons (Fsp3) is 0.800. The lowest BCUT2D eigenvalue weighted by Crippen LogP contribution is -2.40. The van der Waals surface area contributed by atoms with Crippen molar-refractivity contribution >= 4 is 14.7 Å². The van der Waals surface area contributed by atoms with Gasteiger partial charge in [0.1, 0.15) is 18.3 Å². The Morgan fingerprint density at radius 1 is 1.27 bits per heavy atom. The molecule has 3 radical (unpaired) electrons. The van der Waals surface area contributed by atoms with Gasteiger partial charge in [0.25, 0.3) is 0 Å². The molecule has 0 heterocycles. The maximum Gasteiger partial charge on any atom is 0.151 e. The highest BCUT2D eigenvalue weighted by Gasteiger charge is 2.22. The predicted molar refractivity (Wildman–Crippen MR) is 36.9 cm³/mol. The first kappa shape index (κ1) is 13.2. The van der Waals surface area contributed by atoms with Gasteiger partial charge in [0.2, 0.25) is 0 Å². The summed E-state index contributed by atoms with van der Waals surface area (Å²) in [6.45, 7) is -0.688. The van der Waals surface area contributed by atoms with Crippen molar-refractivity contribution in [2.24, 2.45) is 0 Å². The van der Waals surface area contributed by atoms with Crippen molar-refractivity contribution in [1.82, 2.24) is 0 Å². The quantitative estimate of drug-likeness (QED) is 0.258. The average molecular weight is 161 g/mol. The maximum absolute atomic E-state index is 9.76. The van der Waals surface area contributed by atoms with Gasteiger partial charge in [0, 0.05) is 8.41 Å². The molecule has 0 spiro atoms. The van der Waals surface area contributed by atoms with E-state index in [9.17, 15) is 4.79 Å². The highest BCUT2D eigenvalue weighted by atomic mass is 16.4. The number of aldehydes is 1. The van der Waals surface area contributed by atoms with Gasteiger partial charge in [-0.15, -0.1) is 0 Å². The molecule has 63 valence electrons. The van der Waals surface area contributed by atoms with Crippen molar-refractivity contribution in [3.63, 3.8) is 0 Å². The molecular weight excluding hydrogens is 151 g/mol. The molecule has 3 atom stereocenters. The molecule has 0 rings (SSSR count). The monoisotopic (exact) mass is 161 g/mol. The van der Waals surface area contributed by atoms with Gasteiger partial charge >= 0.3 is 0 Å². The van der Waals surface area contributed by atoms with Crippen LogP contribution in [0, 0.1) is 0 Å². The third kappa shape index (κ3) is 4.10. The molecule has 4 N–H and O–H groups in total. The zero-order valence-corrected chi connectivity index (χ0v) is 5.79. The van der Waals surface area contributed by atoms with Crippen molar-refractivity contribution in [2.75, 3.05) is 6.61 Å². The maximum atomic E-state index is 9.76. The van der Waals surface area contributed by atoms with Crippen LogP contribution in [0.2, 0.25) is 0 Å². The molecule has 0 aliphatic rings. The minimum atomic E-state index is -1.64. The number of hydrogen-bond acceptors (Lipinski definition) is 5. The minimum absolute atomic E-state index is 0. The van der Waals surface area contributed by atoms with Crippen molar-refractivity contribution < 1.29 is 25.2 Å². The molecule has 0 saturated carbocycles. The van der Waals surface area contributed by atoms with Gasteiger partial charge in [-0.05, 0) is 0 Å². The second kappa shape index (κ2) is 6.30. The van der Waals surface area contributed by atoms with Gasteiger partial charge < -0.3 is 25.2 Å². The van der Waals surface area contributed by atoms with Crippen LogP contribution in [0.15, 0.2) is 0 Å². The average Bonchev–Trinajstić information content (AvgIpc) is 2.00. The Kier molecular flexibility index (Phi) is 7.55. The molecule has 0 bridgehead atoms. The molecule has 0 fully saturated rings. The smallest absolute Gasteiger partial charge is 0.151 e. The van der Waals surface area contributed by atoms with Gasteiger partial charge in [-0.2, -0.15) is 0 Å². The summed E-state index contributed by atoms with van der Waals surface area (Å²) in [6.07, 6.45) is -4.63. The summed E-state index contributed by atoms with van der Waals surface area (Å²) in [7, 11) is 0. The van der Waals surface area contributed by atoms with E-state index in [0.717, 1.165) is 0 Å². The Balaban J connectivity index is 0. The van der Waals surface area contributed by atoms with Crippen LogP contribution in [0.1, 0.15) is 0 Å². The van der Waals surface area contributed by atoms with Crippen molar-refractivity contribution in [1.29, 1.82) is 0 Å². The fourth-order valence-electron chi connectivity index (χ4n) is 0.416. The minimum Gasteiger partial charge on any atom is -0.394 e. The van der Waals surface area contributed by atoms with Crippen molar-refractivity contribution in [2.45, 2.75) is 18.3 Å². The topological polar surface area (TPSA) is 98.0 Å². The van der Waals surface area contributed by atoms with E-state index in [1.165, 1.54) is 0 Å². The molecule has 0 aromatic rings. The Morgan fingerprint density at radius 3 is 2.00 bits per heavy atom. The SMILES string of the molecule is O=C[C@H](O)[C@H](O)[C@H](O)CO.[B]. The van der Waals surface area contributed by atoms with Crippen LogP contribution < -0.4 is 0 Å². The zero-order valence-electron chi connectivity index (χ0n) is 5.79. The third-order valence-corrected chi connectivity index (χ3v) is 1.07. The first-order valence-electron chi connectivity index (χ1n) is 2.73. The van der Waals surface area contributed by atoms with Gasteiger partial charge in [-0.3, -0.25) is 0 Å². The predicted octanol–water partition coefficient (Wildman–Crippen LogP) is -3.12. The largest absolute Gasteiger partial charge is 0.394 e. The van der Waals surface area contributed by atoms with Crippen molar-refractivity contribution in [3.8, 4) is 0 Å². The first-order valence-corrected chi connectivity index (χ1v) is 2.73. The lowest BCUT2D eigenvalue weighted by Gasteiger charge is -2.16. The van der Waals surface area contributed by atoms with E-state index in [4.69, 9.17) is 20.4 Å². The molecule has 0 unspecified atom stereocenters. The molecule has 6 heteroatoms. The number of aliphatic hydroxyl groups is 4. The first-order chi connectivity index (χ1) is 4.63. The normalized spacial score (nSPS) is 17.8. The Bertz CT molecular complexity index is 109. The van der Waals surface area contributed by atoms with Crippen LogP contribution in [-0.2, 0) is 4.79 Å². The molecule has 0 aromatic carbocycles. The number of carbonyl (C=O) groups excluding carboxylic acids is 1. The molecule has 0 aromatic heterocycles. The van der Waals surface area contributed by atoms with Crippen molar-refractivity contribution in [3.05, 3.63) is 0 Å². The number of carbonyl (C=O) groups is 1. The Morgan fingerprint density at radius 2 is 1.73 bits per heavy atom. The van der Waals surface area contributed by atoms with Crippen LogP contribution in [0.4, 0.5) is 0 Å². The summed E-state index contributed by atoms with van der Waals surface area (Å²) in [5.41, 5.74) is 0. The summed E-state index contributed by atoms with van der Waals surface area (Å²) in [4.78, 5) is 9.76. The van der Waals surface area contributed by atoms with E-state index in [2.05, 4.69) is 0 Å². The Hall–Kier alpha value is -0.425. The van der Waals surface area contributed by atoms with E-state index in [0.29, 0.717) is 0 Å². The second-order valence-electron chi connectivity index (χ2n) is 1.87. The summed E-state index contributed by atoms with van der Waals surface area (Å²) in [5.74, 6) is 0. The lowest BCUT2D eigenvalue weighted by molar-refractivity contribution is -0.127. The van der Waals surface area contributed by atoms with Crippen LogP contribution in [0.25, 0.3) is 0 Å². The number of aliphatic hydroxyl groups excluding tert-OH is 4. The summed E-state index contributed by atoms with van der Waals surface area (Å²) in [5, 5.41) is 34.1. The Labute approximate surface area is 65.9 Å². The zero-order chi connectivity index (χ0) is 8.15. The van der Waals surface area contributed by atoms with Gasteiger partial charge in [0.15, 0.2) is 6.29 Å². The number of rotatable bonds is 4. The van der Waals surface area contributed by atoms with Crippen LogP contribution >= 0.6 is 0 Å². The van der Waals surface area contributed by atoms with E-state index in [1.807, 2.05) is 0 Å². The summed E-state index contributed by atoms with van der Waals surface area (Å²) < 4.78 is 0. The van der Waals surface area contributed by atoms with Crippen LogP contribution in [0.3, 0.4) is 0 Å². The number of hydrogen-bond donors (Lipinski definition) is 4. The van der Waals surface area contributed by atoms with E-state index < -0.39 is 24.9 Å². The van der Waals surface area contributed by atoms with E-state index in [-0.39, 0.29) is 14.7 Å². The molecule has 5 nitrogen and oxygen atoms in total. The molecule has 0 aliphatic carbocycles. The molecule has 11 heavy (non-hydrogen) atoms. The third-order valence-electron chi connectivity index (χ3n) is 1.07. The standard InChI is InChI=1S/C5H10O5.B/c6-1-3(8)5(10)4(9)2-7;/h1,3-5,7-10H,2H2;/t3-,4+,5-;/m0./s1. The van der Waals surface area contributed by atoms with Gasteiger partial charge in [-0.1, -0.05) is 0 Å².